The van der Waals surface area contributed by atoms with Gasteiger partial charge in [-0.05, 0) is 50.7 Å². The molecule has 3 fully saturated rings. The van der Waals surface area contributed by atoms with E-state index in [-0.39, 0.29) is 11.3 Å². The number of amides is 2. The van der Waals surface area contributed by atoms with E-state index in [1.54, 1.807) is 11.8 Å². The third kappa shape index (κ3) is 3.90. The van der Waals surface area contributed by atoms with Gasteiger partial charge >= 0.3 is 0 Å². The molecule has 0 saturated carbocycles. The molecule has 0 aromatic heterocycles. The average molecular weight is 355 g/mol. The molecule has 5 nitrogen and oxygen atoms in total. The van der Waals surface area contributed by atoms with Crippen LogP contribution in [0.25, 0.3) is 0 Å². The first-order valence-corrected chi connectivity index (χ1v) is 10.7. The fourth-order valence-corrected chi connectivity index (χ4v) is 4.86. The highest BCUT2D eigenvalue weighted by Gasteiger charge is 2.47. The van der Waals surface area contributed by atoms with E-state index in [0.717, 1.165) is 77.9 Å². The van der Waals surface area contributed by atoms with Crippen molar-refractivity contribution in [3.05, 3.63) is 0 Å². The summed E-state index contributed by atoms with van der Waals surface area (Å²) in [6, 6.07) is 0. The third-order valence-corrected chi connectivity index (χ3v) is 6.52. The first kappa shape index (κ1) is 18.1. The Morgan fingerprint density at radius 2 is 1.96 bits per heavy atom. The SMILES string of the molecule is CSCC(=O)N1CCC[C@@]2(CC1)CCN(CC1CCOCC1)C2=O. The number of rotatable bonds is 4. The summed E-state index contributed by atoms with van der Waals surface area (Å²) < 4.78 is 5.43. The fraction of sp³-hybridized carbons (Fsp3) is 0.889. The highest BCUT2D eigenvalue weighted by Crippen LogP contribution is 2.42. The molecule has 0 aromatic rings. The number of carbonyl (C=O) groups is 2. The number of ether oxygens (including phenoxy) is 1. The Kier molecular flexibility index (Phi) is 6.08. The van der Waals surface area contributed by atoms with Crippen LogP contribution in [0.1, 0.15) is 38.5 Å². The predicted molar refractivity (Wildman–Crippen MR) is 96.0 cm³/mol. The lowest BCUT2D eigenvalue weighted by Gasteiger charge is -2.30. The van der Waals surface area contributed by atoms with Gasteiger partial charge in [-0.1, -0.05) is 0 Å². The van der Waals surface area contributed by atoms with Crippen LogP contribution in [-0.4, -0.2) is 73.0 Å². The van der Waals surface area contributed by atoms with Gasteiger partial charge < -0.3 is 14.5 Å². The van der Waals surface area contributed by atoms with Crippen molar-refractivity contribution in [2.45, 2.75) is 38.5 Å². The van der Waals surface area contributed by atoms with E-state index >= 15 is 0 Å². The zero-order valence-corrected chi connectivity index (χ0v) is 15.6. The van der Waals surface area contributed by atoms with Crippen LogP contribution < -0.4 is 0 Å². The standard InChI is InChI=1S/C18H30N2O3S/c1-24-14-16(21)19-8-2-5-18(6-9-19)7-10-20(17(18)22)13-15-3-11-23-12-4-15/h15H,2-14H2,1H3/t18-/m1/s1. The minimum absolute atomic E-state index is 0.195. The summed E-state index contributed by atoms with van der Waals surface area (Å²) in [7, 11) is 0. The van der Waals surface area contributed by atoms with Crippen LogP contribution in [0.5, 0.6) is 0 Å². The molecule has 3 saturated heterocycles. The van der Waals surface area contributed by atoms with Crippen molar-refractivity contribution in [3.63, 3.8) is 0 Å². The van der Waals surface area contributed by atoms with E-state index < -0.39 is 0 Å². The number of hydrogen-bond acceptors (Lipinski definition) is 4. The number of thioether (sulfide) groups is 1. The van der Waals surface area contributed by atoms with Crippen LogP contribution in [0.2, 0.25) is 0 Å². The normalized spacial score (nSPS) is 29.3. The van der Waals surface area contributed by atoms with Crippen molar-refractivity contribution in [1.82, 2.24) is 9.80 Å². The van der Waals surface area contributed by atoms with Crippen molar-refractivity contribution < 1.29 is 14.3 Å². The molecular formula is C18H30N2O3S. The molecular weight excluding hydrogens is 324 g/mol. The van der Waals surface area contributed by atoms with Gasteiger partial charge in [-0.25, -0.2) is 0 Å². The summed E-state index contributed by atoms with van der Waals surface area (Å²) in [4.78, 5) is 29.3. The molecule has 1 spiro atoms. The van der Waals surface area contributed by atoms with Crippen molar-refractivity contribution in [1.29, 1.82) is 0 Å². The summed E-state index contributed by atoms with van der Waals surface area (Å²) in [6.45, 7) is 5.04. The molecule has 2 amide bonds. The Bertz CT molecular complexity index is 467. The second kappa shape index (κ2) is 8.09. The molecule has 24 heavy (non-hydrogen) atoms. The van der Waals surface area contributed by atoms with E-state index in [4.69, 9.17) is 4.74 Å². The van der Waals surface area contributed by atoms with Crippen molar-refractivity contribution in [2.75, 3.05) is 51.4 Å². The number of nitrogens with zero attached hydrogens (tertiary/aromatic N) is 2. The summed E-state index contributed by atoms with van der Waals surface area (Å²) in [5.41, 5.74) is -0.195. The maximum atomic E-state index is 13.1. The smallest absolute Gasteiger partial charge is 0.232 e. The van der Waals surface area contributed by atoms with Crippen LogP contribution in [0, 0.1) is 11.3 Å². The van der Waals surface area contributed by atoms with Crippen molar-refractivity contribution >= 4 is 23.6 Å². The van der Waals surface area contributed by atoms with E-state index in [1.165, 1.54) is 0 Å². The highest BCUT2D eigenvalue weighted by molar-refractivity contribution is 7.99. The zero-order valence-electron chi connectivity index (χ0n) is 14.8. The van der Waals surface area contributed by atoms with Gasteiger partial charge in [0.15, 0.2) is 0 Å². The lowest BCUT2D eigenvalue weighted by molar-refractivity contribution is -0.138. The highest BCUT2D eigenvalue weighted by atomic mass is 32.2. The molecule has 3 rings (SSSR count). The molecule has 0 unspecified atom stereocenters. The van der Waals surface area contributed by atoms with Crippen LogP contribution in [-0.2, 0) is 14.3 Å². The molecule has 0 radical (unpaired) electrons. The lowest BCUT2D eigenvalue weighted by atomic mass is 9.79. The number of carbonyl (C=O) groups excluding carboxylic acids is 2. The van der Waals surface area contributed by atoms with Gasteiger partial charge in [0.05, 0.1) is 11.2 Å². The monoisotopic (exact) mass is 354 g/mol. The second-order valence-electron chi connectivity index (χ2n) is 7.50. The first-order chi connectivity index (χ1) is 11.6. The summed E-state index contributed by atoms with van der Waals surface area (Å²) >= 11 is 1.58. The summed E-state index contributed by atoms with van der Waals surface area (Å²) in [5, 5.41) is 0. The molecule has 0 aliphatic carbocycles. The maximum absolute atomic E-state index is 13.1. The van der Waals surface area contributed by atoms with Crippen LogP contribution in [0.15, 0.2) is 0 Å². The molecule has 136 valence electrons. The van der Waals surface area contributed by atoms with E-state index in [1.807, 2.05) is 11.2 Å². The Labute approximate surface area is 149 Å². The molecule has 0 bridgehead atoms. The van der Waals surface area contributed by atoms with E-state index in [0.29, 0.717) is 17.6 Å². The Hall–Kier alpha value is -0.750. The lowest BCUT2D eigenvalue weighted by Crippen LogP contribution is -2.39. The summed E-state index contributed by atoms with van der Waals surface area (Å²) in [5.74, 6) is 1.73. The van der Waals surface area contributed by atoms with Gasteiger partial charge in [0.1, 0.15) is 0 Å². The fourth-order valence-electron chi connectivity index (χ4n) is 4.43. The number of hydrogen-bond donors (Lipinski definition) is 0. The molecule has 0 N–H and O–H groups in total. The maximum Gasteiger partial charge on any atom is 0.232 e. The van der Waals surface area contributed by atoms with Gasteiger partial charge in [-0.3, -0.25) is 9.59 Å². The average Bonchev–Trinajstić information content (AvgIpc) is 2.77. The van der Waals surface area contributed by atoms with Gasteiger partial charge in [0, 0.05) is 39.4 Å². The molecule has 3 aliphatic rings. The van der Waals surface area contributed by atoms with Crippen LogP contribution in [0.3, 0.4) is 0 Å². The Morgan fingerprint density at radius 1 is 1.21 bits per heavy atom. The Balaban J connectivity index is 1.57. The zero-order chi connectivity index (χ0) is 17.0. The van der Waals surface area contributed by atoms with Gasteiger partial charge in [-0.15, -0.1) is 0 Å². The minimum atomic E-state index is -0.195. The van der Waals surface area contributed by atoms with Gasteiger partial charge in [-0.2, -0.15) is 11.8 Å². The number of likely N-dealkylation sites (tertiary alicyclic amines) is 2. The van der Waals surface area contributed by atoms with E-state index in [2.05, 4.69) is 4.90 Å². The third-order valence-electron chi connectivity index (χ3n) is 5.98. The first-order valence-electron chi connectivity index (χ1n) is 9.28. The van der Waals surface area contributed by atoms with E-state index in [9.17, 15) is 9.59 Å². The quantitative estimate of drug-likeness (QED) is 0.775. The molecule has 3 heterocycles. The minimum Gasteiger partial charge on any atom is -0.381 e. The van der Waals surface area contributed by atoms with Crippen molar-refractivity contribution in [3.8, 4) is 0 Å². The Morgan fingerprint density at radius 3 is 2.71 bits per heavy atom. The van der Waals surface area contributed by atoms with Crippen LogP contribution >= 0.6 is 11.8 Å². The van der Waals surface area contributed by atoms with Crippen molar-refractivity contribution in [2.24, 2.45) is 11.3 Å². The predicted octanol–water partition coefficient (Wildman–Crippen LogP) is 2.01. The second-order valence-corrected chi connectivity index (χ2v) is 8.37. The topological polar surface area (TPSA) is 49.9 Å². The van der Waals surface area contributed by atoms with Gasteiger partial charge in [0.25, 0.3) is 0 Å². The van der Waals surface area contributed by atoms with Gasteiger partial charge in [0.2, 0.25) is 11.8 Å². The molecule has 0 aromatic carbocycles. The molecule has 3 aliphatic heterocycles. The largest absolute Gasteiger partial charge is 0.381 e. The molecule has 6 heteroatoms. The summed E-state index contributed by atoms with van der Waals surface area (Å²) in [6.07, 6.45) is 7.83. The molecule has 1 atom stereocenters. The van der Waals surface area contributed by atoms with Crippen LogP contribution in [0.4, 0.5) is 0 Å².